The van der Waals surface area contributed by atoms with E-state index in [-0.39, 0.29) is 0 Å². The Morgan fingerprint density at radius 3 is 0.318 bits per heavy atom. The lowest BCUT2D eigenvalue weighted by Gasteiger charge is -2.50. The molecule has 30 fully saturated rings. The van der Waals surface area contributed by atoms with Crippen LogP contribution in [0.1, 0.15) is 0 Å². The van der Waals surface area contributed by atoms with Gasteiger partial charge in [0.1, 0.15) is 195 Å². The van der Waals surface area contributed by atoms with Crippen LogP contribution in [-0.2, 0) is 75.8 Å². The number of halogens is 8. The van der Waals surface area contributed by atoms with E-state index in [9.17, 15) is 81.7 Å². The van der Waals surface area contributed by atoms with Crippen LogP contribution in [0.15, 0.2) is 0 Å². The SMILES string of the molecule is OC1C2OC(CCl)C(OC3OC(CCl)C(OC4OC(CCl)C(OC5OC(CCl)C(OC6OC(CCl)C(OC7OC(CCl)C(OC8OC(CCl)C(OC9OC(CCl)C(O2)C(O)C9O)C(O)C8O)C(O)C7O)C(O)C6O)C(O)C5O)C(O)C4O)C(O)C3O)C1O. The van der Waals surface area contributed by atoms with E-state index in [1.54, 1.807) is 0 Å². The third-order valence-corrected chi connectivity index (χ3v) is 19.1. The molecule has 30 aliphatic rings. The third-order valence-electron chi connectivity index (χ3n) is 16.7. The summed E-state index contributed by atoms with van der Waals surface area (Å²) >= 11 is 50.2. The van der Waals surface area contributed by atoms with E-state index in [1.807, 2.05) is 0 Å². The number of aliphatic hydroxyl groups excluding tert-OH is 16. The Morgan fingerprint density at radius 2 is 0.239 bits per heavy atom. The van der Waals surface area contributed by atoms with Crippen molar-refractivity contribution in [3.63, 3.8) is 0 Å². The Kier molecular flexibility index (Phi) is 26.4. The van der Waals surface area contributed by atoms with Gasteiger partial charge in [-0.2, -0.15) is 0 Å². The zero-order valence-corrected chi connectivity index (χ0v) is 51.5. The highest BCUT2D eigenvalue weighted by molar-refractivity contribution is 6.19. The van der Waals surface area contributed by atoms with E-state index in [0.717, 1.165) is 0 Å². The van der Waals surface area contributed by atoms with E-state index >= 15 is 0 Å². The van der Waals surface area contributed by atoms with Crippen LogP contribution < -0.4 is 0 Å². The maximum Gasteiger partial charge on any atom is 0.187 e. The van der Waals surface area contributed by atoms with Crippen LogP contribution in [0.3, 0.4) is 0 Å². The van der Waals surface area contributed by atoms with Crippen LogP contribution >= 0.6 is 92.8 Å². The van der Waals surface area contributed by atoms with Crippen molar-refractivity contribution in [3.8, 4) is 0 Å². The monoisotopic (exact) mass is 1440 g/mol. The molecule has 0 saturated carbocycles. The molecule has 40 heteroatoms. The molecule has 30 saturated heterocycles. The van der Waals surface area contributed by atoms with Gasteiger partial charge in [-0.15, -0.1) is 92.8 Å². The lowest BCUT2D eigenvalue weighted by Crippen LogP contribution is -2.68. The fourth-order valence-corrected chi connectivity index (χ4v) is 13.7. The van der Waals surface area contributed by atoms with Gasteiger partial charge in [-0.25, -0.2) is 0 Å². The molecule has 30 rings (SSSR count). The summed E-state index contributed by atoms with van der Waals surface area (Å²) in [5.41, 5.74) is 0. The van der Waals surface area contributed by atoms with Gasteiger partial charge in [0.25, 0.3) is 0 Å². The maximum atomic E-state index is 11.5. The van der Waals surface area contributed by atoms with Gasteiger partial charge in [-0.05, 0) is 0 Å². The molecule has 0 aromatic rings. The van der Waals surface area contributed by atoms with Gasteiger partial charge >= 0.3 is 0 Å². The van der Waals surface area contributed by atoms with Crippen molar-refractivity contribution < 1.29 is 157 Å². The molecule has 32 nitrogen and oxygen atoms in total. The smallest absolute Gasteiger partial charge is 0.187 e. The van der Waals surface area contributed by atoms with Gasteiger partial charge in [-0.1, -0.05) is 0 Å². The Balaban J connectivity index is 0.975. The van der Waals surface area contributed by atoms with Gasteiger partial charge < -0.3 is 157 Å². The predicted octanol–water partition coefficient (Wildman–Crippen LogP) is -7.43. The highest BCUT2D eigenvalue weighted by Gasteiger charge is 2.60. The van der Waals surface area contributed by atoms with Crippen LogP contribution in [-0.4, -0.2) is 374 Å². The molecule has 16 N–H and O–H groups in total. The fraction of sp³-hybridized carbons (Fsp3) is 1.00. The van der Waals surface area contributed by atoms with E-state index in [2.05, 4.69) is 0 Å². The van der Waals surface area contributed by atoms with Gasteiger partial charge in [0, 0.05) is 0 Å². The molecule has 512 valence electrons. The summed E-state index contributed by atoms with van der Waals surface area (Å²) in [5.74, 6) is -4.23. The first-order chi connectivity index (χ1) is 41.9. The Morgan fingerprint density at radius 1 is 0.148 bits per heavy atom. The number of ether oxygens (including phenoxy) is 16. The van der Waals surface area contributed by atoms with E-state index in [1.165, 1.54) is 0 Å². The minimum atomic E-state index is -2.10. The Labute approximate surface area is 540 Å². The summed E-state index contributed by atoms with van der Waals surface area (Å²) < 4.78 is 94.3. The molecule has 30 heterocycles. The van der Waals surface area contributed by atoms with Crippen LogP contribution in [0.25, 0.3) is 0 Å². The van der Waals surface area contributed by atoms with Crippen LogP contribution in [0.5, 0.6) is 0 Å². The minimum absolute atomic E-state index is 0.528. The highest BCUT2D eigenvalue weighted by atomic mass is 35.5. The van der Waals surface area contributed by atoms with Gasteiger partial charge in [-0.3, -0.25) is 0 Å². The van der Waals surface area contributed by atoms with Crippen molar-refractivity contribution in [2.45, 2.75) is 246 Å². The topological polar surface area (TPSA) is 471 Å². The molecule has 0 amide bonds. The molecule has 0 aliphatic carbocycles. The molecule has 30 aliphatic heterocycles. The van der Waals surface area contributed by atoms with Crippen molar-refractivity contribution in [3.05, 3.63) is 0 Å². The van der Waals surface area contributed by atoms with Crippen molar-refractivity contribution in [2.24, 2.45) is 0 Å². The second-order valence-electron chi connectivity index (χ2n) is 22.2. The molecule has 40 atom stereocenters. The van der Waals surface area contributed by atoms with Crippen LogP contribution in [0, 0.1) is 0 Å². The molecular formula is C48H72Cl8O32. The first-order valence-corrected chi connectivity index (χ1v) is 32.0. The standard InChI is InChI=1S/C48H72Cl8O32/c49-1-9-33-17(57)25(65)41(73-9)82-34-10(2-50)75-43(27(67)19(34)59)84-36-12(4-52)77-45(29(69)21(36)61)86-38-14(6-54)79-47(31(71)23(38)63)88-40-16(8-56)80-48(32(72)24(40)64)87-39-15(7-55)78-46(30(70)22(39)62)85-37-13(5-53)76-44(28(68)20(37)60)83-35-11(3-51)74-42(81-33)26(66)18(35)58/h9-48,57-72H,1-8H2. The van der Waals surface area contributed by atoms with E-state index in [0.29, 0.717) is 0 Å². The molecular weight excluding hydrogens is 1370 g/mol. The molecule has 0 aromatic heterocycles. The quantitative estimate of drug-likeness (QED) is 0.100. The first kappa shape index (κ1) is 73.3. The average molecular weight is 1440 g/mol. The molecule has 0 radical (unpaired) electrons. The van der Waals surface area contributed by atoms with Gasteiger partial charge in [0.05, 0.1) is 47.0 Å². The Hall–Kier alpha value is 1.04. The minimum Gasteiger partial charge on any atom is -0.387 e. The third kappa shape index (κ3) is 14.7. The number of aliphatic hydroxyl groups is 16. The predicted molar refractivity (Wildman–Crippen MR) is 290 cm³/mol. The zero-order valence-electron chi connectivity index (χ0n) is 45.5. The summed E-state index contributed by atoms with van der Waals surface area (Å²) in [6.45, 7) is 0. The maximum absolute atomic E-state index is 11.5. The second-order valence-corrected chi connectivity index (χ2v) is 24.7. The number of hydrogen-bond acceptors (Lipinski definition) is 32. The average Bonchev–Trinajstić information content (AvgIpc) is 0.980. The molecule has 40 unspecified atom stereocenters. The van der Waals surface area contributed by atoms with Gasteiger partial charge in [0.2, 0.25) is 0 Å². The highest BCUT2D eigenvalue weighted by Crippen LogP contribution is 2.40. The number of hydrogen-bond donors (Lipinski definition) is 16. The molecule has 16 bridgehead atoms. The van der Waals surface area contributed by atoms with Crippen molar-refractivity contribution >= 4 is 92.8 Å². The van der Waals surface area contributed by atoms with Crippen LogP contribution in [0.4, 0.5) is 0 Å². The Bertz CT molecular complexity index is 1730. The lowest BCUT2D eigenvalue weighted by atomic mass is 9.95. The lowest BCUT2D eigenvalue weighted by molar-refractivity contribution is -0.396. The van der Waals surface area contributed by atoms with Crippen molar-refractivity contribution in [1.82, 2.24) is 0 Å². The second kappa shape index (κ2) is 31.7. The summed E-state index contributed by atoms with van der Waals surface area (Å²) in [5, 5.41) is 184. The van der Waals surface area contributed by atoms with E-state index in [4.69, 9.17) is 169 Å². The number of alkyl halides is 8. The molecule has 0 spiro atoms. The zero-order chi connectivity index (χ0) is 64.1. The summed E-state index contributed by atoms with van der Waals surface area (Å²) in [7, 11) is 0. The summed E-state index contributed by atoms with van der Waals surface area (Å²) in [4.78, 5) is 0. The molecule has 88 heavy (non-hydrogen) atoms. The van der Waals surface area contributed by atoms with Gasteiger partial charge in [0.15, 0.2) is 50.3 Å². The largest absolute Gasteiger partial charge is 0.387 e. The first-order valence-electron chi connectivity index (χ1n) is 27.7. The van der Waals surface area contributed by atoms with E-state index < -0.39 is 293 Å². The fourth-order valence-electron chi connectivity index (χ4n) is 11.7. The number of rotatable bonds is 8. The normalized spacial score (nSPS) is 55.4. The summed E-state index contributed by atoms with van der Waals surface area (Å²) in [6, 6.07) is 0. The van der Waals surface area contributed by atoms with Crippen LogP contribution in [0.2, 0.25) is 0 Å². The molecule has 0 aromatic carbocycles. The van der Waals surface area contributed by atoms with Crippen molar-refractivity contribution in [1.29, 1.82) is 0 Å². The summed E-state index contributed by atoms with van der Waals surface area (Å²) in [6.07, 6.45) is -73.7. The van der Waals surface area contributed by atoms with Crippen molar-refractivity contribution in [2.75, 3.05) is 47.0 Å².